The van der Waals surface area contributed by atoms with Gasteiger partial charge in [0, 0.05) is 18.7 Å². The number of ether oxygens (including phenoxy) is 1. The maximum Gasteiger partial charge on any atom is 0.248 e. The highest BCUT2D eigenvalue weighted by molar-refractivity contribution is 5.92. The number of amides is 2. The Bertz CT molecular complexity index is 542. The summed E-state index contributed by atoms with van der Waals surface area (Å²) in [6.07, 6.45) is -0.373. The largest absolute Gasteiger partial charge is 0.394 e. The number of hydrogen-bond donors (Lipinski definition) is 2. The molecule has 1 heterocycles. The van der Waals surface area contributed by atoms with Gasteiger partial charge in [0.05, 0.1) is 12.6 Å². The molecule has 1 aliphatic heterocycles. The molecule has 0 radical (unpaired) electrons. The van der Waals surface area contributed by atoms with Crippen molar-refractivity contribution in [2.24, 2.45) is 5.92 Å². The minimum absolute atomic E-state index is 0.00348. The number of benzene rings is 1. The Labute approximate surface area is 130 Å². The van der Waals surface area contributed by atoms with Gasteiger partial charge in [-0.2, -0.15) is 0 Å². The predicted octanol–water partition coefficient (Wildman–Crippen LogP) is 1.17. The van der Waals surface area contributed by atoms with Crippen LogP contribution in [0.25, 0.3) is 0 Å². The van der Waals surface area contributed by atoms with E-state index in [2.05, 4.69) is 5.32 Å². The van der Waals surface area contributed by atoms with Crippen LogP contribution >= 0.6 is 0 Å². The molecule has 2 rings (SSSR count). The van der Waals surface area contributed by atoms with Gasteiger partial charge in [0.25, 0.3) is 0 Å². The Hall–Kier alpha value is -1.92. The molecule has 0 spiro atoms. The SMILES string of the molecule is CC(C)C(=O)Nc1ccc(C2OCC(=O)N(C)C2CO)cc1. The smallest absolute Gasteiger partial charge is 0.248 e. The number of carbonyl (C=O) groups is 2. The molecule has 1 saturated heterocycles. The predicted molar refractivity (Wildman–Crippen MR) is 82.2 cm³/mol. The fourth-order valence-corrected chi connectivity index (χ4v) is 2.34. The van der Waals surface area contributed by atoms with Crippen LogP contribution in [0.15, 0.2) is 24.3 Å². The highest BCUT2D eigenvalue weighted by Crippen LogP contribution is 2.29. The molecule has 2 atom stereocenters. The Morgan fingerprint density at radius 3 is 2.59 bits per heavy atom. The zero-order valence-corrected chi connectivity index (χ0v) is 13.1. The normalized spacial score (nSPS) is 22.0. The second-order valence-electron chi connectivity index (χ2n) is 5.75. The zero-order chi connectivity index (χ0) is 16.3. The molecule has 1 fully saturated rings. The Morgan fingerprint density at radius 2 is 2.05 bits per heavy atom. The quantitative estimate of drug-likeness (QED) is 0.875. The fraction of sp³-hybridized carbons (Fsp3) is 0.500. The molecule has 6 nitrogen and oxygen atoms in total. The van der Waals surface area contributed by atoms with Gasteiger partial charge in [0.1, 0.15) is 12.7 Å². The van der Waals surface area contributed by atoms with E-state index in [0.717, 1.165) is 5.56 Å². The molecule has 0 saturated carbocycles. The van der Waals surface area contributed by atoms with Crippen molar-refractivity contribution in [2.75, 3.05) is 25.6 Å². The molecule has 120 valence electrons. The second kappa shape index (κ2) is 6.89. The summed E-state index contributed by atoms with van der Waals surface area (Å²) < 4.78 is 5.57. The molecule has 0 aliphatic carbocycles. The topological polar surface area (TPSA) is 78.9 Å². The summed E-state index contributed by atoms with van der Waals surface area (Å²) in [6, 6.07) is 6.87. The first-order valence-electron chi connectivity index (χ1n) is 7.33. The Kier molecular flexibility index (Phi) is 5.15. The lowest BCUT2D eigenvalue weighted by Crippen LogP contribution is -2.50. The third-order valence-corrected chi connectivity index (χ3v) is 3.84. The van der Waals surface area contributed by atoms with E-state index in [1.807, 2.05) is 26.0 Å². The first-order valence-corrected chi connectivity index (χ1v) is 7.33. The van der Waals surface area contributed by atoms with Crippen LogP contribution in [0.5, 0.6) is 0 Å². The standard InChI is InChI=1S/C16H22N2O4/c1-10(2)16(21)17-12-6-4-11(5-7-12)15-13(8-19)18(3)14(20)9-22-15/h4-7,10,13,15,19H,8-9H2,1-3H3,(H,17,21). The number of rotatable bonds is 4. The summed E-state index contributed by atoms with van der Waals surface area (Å²) in [5, 5.41) is 12.3. The fourth-order valence-electron chi connectivity index (χ4n) is 2.34. The summed E-state index contributed by atoms with van der Waals surface area (Å²) in [4.78, 5) is 24.8. The summed E-state index contributed by atoms with van der Waals surface area (Å²) in [5.74, 6) is -0.267. The van der Waals surface area contributed by atoms with Gasteiger partial charge in [-0.15, -0.1) is 0 Å². The van der Waals surface area contributed by atoms with Gasteiger partial charge in [0.15, 0.2) is 0 Å². The van der Waals surface area contributed by atoms with E-state index in [1.165, 1.54) is 4.90 Å². The summed E-state index contributed by atoms with van der Waals surface area (Å²) >= 11 is 0. The highest BCUT2D eigenvalue weighted by atomic mass is 16.5. The summed E-state index contributed by atoms with van der Waals surface area (Å²) in [5.41, 5.74) is 1.57. The molecule has 22 heavy (non-hydrogen) atoms. The van der Waals surface area contributed by atoms with Crippen LogP contribution in [0.4, 0.5) is 5.69 Å². The molecule has 2 amide bonds. The molecule has 1 aromatic rings. The number of anilines is 1. The van der Waals surface area contributed by atoms with Gasteiger partial charge in [-0.05, 0) is 17.7 Å². The number of aliphatic hydroxyl groups is 1. The number of nitrogens with zero attached hydrogens (tertiary/aromatic N) is 1. The van der Waals surface area contributed by atoms with Crippen LogP contribution in [0.3, 0.4) is 0 Å². The first kappa shape index (κ1) is 16.5. The maximum absolute atomic E-state index is 11.7. The van der Waals surface area contributed by atoms with Crippen molar-refractivity contribution in [1.29, 1.82) is 0 Å². The molecule has 0 bridgehead atoms. The summed E-state index contributed by atoms with van der Waals surface area (Å²) in [7, 11) is 1.66. The van der Waals surface area contributed by atoms with E-state index in [0.29, 0.717) is 5.69 Å². The van der Waals surface area contributed by atoms with Gasteiger partial charge >= 0.3 is 0 Å². The van der Waals surface area contributed by atoms with E-state index in [9.17, 15) is 14.7 Å². The van der Waals surface area contributed by atoms with Gasteiger partial charge in [0.2, 0.25) is 11.8 Å². The number of morpholine rings is 1. The number of nitrogens with one attached hydrogen (secondary N) is 1. The minimum Gasteiger partial charge on any atom is -0.394 e. The number of likely N-dealkylation sites (N-methyl/N-ethyl adjacent to an activating group) is 1. The van der Waals surface area contributed by atoms with Crippen molar-refractivity contribution in [3.05, 3.63) is 29.8 Å². The number of carbonyl (C=O) groups excluding carboxylic acids is 2. The zero-order valence-electron chi connectivity index (χ0n) is 13.1. The number of hydrogen-bond acceptors (Lipinski definition) is 4. The lowest BCUT2D eigenvalue weighted by Gasteiger charge is -2.38. The molecule has 6 heteroatoms. The van der Waals surface area contributed by atoms with Gasteiger partial charge in [-0.25, -0.2) is 0 Å². The van der Waals surface area contributed by atoms with E-state index in [-0.39, 0.29) is 37.0 Å². The molecule has 1 aromatic carbocycles. The first-order chi connectivity index (χ1) is 10.4. The van der Waals surface area contributed by atoms with Gasteiger partial charge in [-0.1, -0.05) is 26.0 Å². The van der Waals surface area contributed by atoms with E-state index < -0.39 is 6.04 Å². The van der Waals surface area contributed by atoms with Crippen LogP contribution in [-0.2, 0) is 14.3 Å². The van der Waals surface area contributed by atoms with E-state index in [4.69, 9.17) is 4.74 Å². The van der Waals surface area contributed by atoms with Crippen molar-refractivity contribution in [3.63, 3.8) is 0 Å². The summed E-state index contributed by atoms with van der Waals surface area (Å²) in [6.45, 7) is 3.50. The van der Waals surface area contributed by atoms with Crippen LogP contribution in [-0.4, -0.2) is 48.1 Å². The van der Waals surface area contributed by atoms with Crippen LogP contribution in [0.2, 0.25) is 0 Å². The molecular formula is C16H22N2O4. The molecule has 1 aliphatic rings. The molecule has 0 aromatic heterocycles. The van der Waals surface area contributed by atoms with E-state index >= 15 is 0 Å². The average Bonchev–Trinajstić information content (AvgIpc) is 2.50. The van der Waals surface area contributed by atoms with Crippen molar-refractivity contribution >= 4 is 17.5 Å². The lowest BCUT2D eigenvalue weighted by molar-refractivity contribution is -0.157. The second-order valence-corrected chi connectivity index (χ2v) is 5.75. The minimum atomic E-state index is -0.405. The molecule has 2 unspecified atom stereocenters. The van der Waals surface area contributed by atoms with Crippen molar-refractivity contribution in [3.8, 4) is 0 Å². The third-order valence-electron chi connectivity index (χ3n) is 3.84. The lowest BCUT2D eigenvalue weighted by atomic mass is 9.99. The van der Waals surface area contributed by atoms with E-state index in [1.54, 1.807) is 19.2 Å². The van der Waals surface area contributed by atoms with Crippen LogP contribution in [0, 0.1) is 5.92 Å². The molecular weight excluding hydrogens is 284 g/mol. The maximum atomic E-state index is 11.7. The average molecular weight is 306 g/mol. The molecule has 2 N–H and O–H groups in total. The van der Waals surface area contributed by atoms with Crippen LogP contribution < -0.4 is 5.32 Å². The third kappa shape index (κ3) is 3.45. The van der Waals surface area contributed by atoms with Crippen molar-refractivity contribution < 1.29 is 19.4 Å². The monoisotopic (exact) mass is 306 g/mol. The Balaban J connectivity index is 2.12. The number of aliphatic hydroxyl groups excluding tert-OH is 1. The van der Waals surface area contributed by atoms with Gasteiger partial charge < -0.3 is 20.1 Å². The van der Waals surface area contributed by atoms with Crippen molar-refractivity contribution in [2.45, 2.75) is 26.0 Å². The highest BCUT2D eigenvalue weighted by Gasteiger charge is 2.34. The Morgan fingerprint density at radius 1 is 1.41 bits per heavy atom. The van der Waals surface area contributed by atoms with Crippen molar-refractivity contribution in [1.82, 2.24) is 4.90 Å². The van der Waals surface area contributed by atoms with Crippen LogP contribution in [0.1, 0.15) is 25.5 Å². The van der Waals surface area contributed by atoms with Gasteiger partial charge in [-0.3, -0.25) is 9.59 Å².